The van der Waals surface area contributed by atoms with Gasteiger partial charge in [0, 0.05) is 17.7 Å². The summed E-state index contributed by atoms with van der Waals surface area (Å²) in [5.74, 6) is -2.27. The fraction of sp³-hybridized carbons (Fsp3) is 0.464. The second-order valence-corrected chi connectivity index (χ2v) is 10.5. The zero-order chi connectivity index (χ0) is 32.7. The molecule has 1 aromatic heterocycles. The monoisotopic (exact) mass is 640 g/mol. The molecule has 17 heteroatoms. The van der Waals surface area contributed by atoms with Crippen molar-refractivity contribution in [2.24, 2.45) is 0 Å². The van der Waals surface area contributed by atoms with Crippen LogP contribution in [0.15, 0.2) is 39.5 Å². The van der Waals surface area contributed by atoms with Crippen molar-refractivity contribution in [3.05, 3.63) is 40.6 Å². The number of rotatable bonds is 8. The van der Waals surface area contributed by atoms with Gasteiger partial charge in [-0.25, -0.2) is 0 Å². The molecule has 45 heavy (non-hydrogen) atoms. The topological polar surface area (TPSA) is 279 Å². The van der Waals surface area contributed by atoms with Crippen LogP contribution in [0.25, 0.3) is 22.3 Å². The third kappa shape index (κ3) is 6.10. The van der Waals surface area contributed by atoms with E-state index in [0.29, 0.717) is 0 Å². The molecule has 2 aromatic carbocycles. The van der Waals surface area contributed by atoms with Gasteiger partial charge in [0.15, 0.2) is 23.5 Å². The van der Waals surface area contributed by atoms with E-state index in [1.165, 1.54) is 13.2 Å². The van der Waals surface area contributed by atoms with E-state index < -0.39 is 97.3 Å². The van der Waals surface area contributed by atoms with E-state index in [-0.39, 0.29) is 33.8 Å². The molecule has 0 bridgehead atoms. The van der Waals surface area contributed by atoms with Crippen molar-refractivity contribution in [1.29, 1.82) is 0 Å². The van der Waals surface area contributed by atoms with Crippen LogP contribution in [0.3, 0.4) is 0 Å². The first-order chi connectivity index (χ1) is 21.4. The van der Waals surface area contributed by atoms with E-state index in [1.54, 1.807) is 0 Å². The number of aliphatic hydroxyl groups excluding tert-OH is 7. The Hall–Kier alpha value is -3.75. The molecule has 246 valence electrons. The number of phenols is 3. The largest absolute Gasteiger partial charge is 0.507 e. The van der Waals surface area contributed by atoms with E-state index in [4.69, 9.17) is 28.1 Å². The van der Waals surface area contributed by atoms with Crippen molar-refractivity contribution >= 4 is 11.0 Å². The van der Waals surface area contributed by atoms with E-state index >= 15 is 0 Å². The first-order valence-electron chi connectivity index (χ1n) is 13.5. The molecule has 2 saturated heterocycles. The highest BCUT2D eigenvalue weighted by atomic mass is 16.7. The molecule has 10 N–H and O–H groups in total. The predicted molar refractivity (Wildman–Crippen MR) is 146 cm³/mol. The van der Waals surface area contributed by atoms with Crippen LogP contribution in [-0.4, -0.2) is 133 Å². The molecule has 17 nitrogen and oxygen atoms in total. The smallest absolute Gasteiger partial charge is 0.239 e. The highest BCUT2D eigenvalue weighted by molar-refractivity contribution is 5.88. The average molecular weight is 641 g/mol. The van der Waals surface area contributed by atoms with Gasteiger partial charge in [-0.05, 0) is 18.2 Å². The summed E-state index contributed by atoms with van der Waals surface area (Å²) in [5, 5.41) is 101. The molecular weight excluding hydrogens is 608 g/mol. The molecular formula is C28H32O17. The molecule has 2 aliphatic heterocycles. The minimum Gasteiger partial charge on any atom is -0.507 e. The summed E-state index contributed by atoms with van der Waals surface area (Å²) < 4.78 is 32.9. The van der Waals surface area contributed by atoms with Crippen LogP contribution >= 0.6 is 0 Å². The molecule has 0 radical (unpaired) electrons. The van der Waals surface area contributed by atoms with Gasteiger partial charge < -0.3 is 79.2 Å². The zero-order valence-corrected chi connectivity index (χ0v) is 23.4. The number of hydrogen-bond donors (Lipinski definition) is 10. The summed E-state index contributed by atoms with van der Waals surface area (Å²) in [6.07, 6.45) is -16.5. The van der Waals surface area contributed by atoms with Gasteiger partial charge in [0.25, 0.3) is 0 Å². The lowest BCUT2D eigenvalue weighted by atomic mass is 9.98. The van der Waals surface area contributed by atoms with Crippen molar-refractivity contribution < 1.29 is 79.2 Å². The van der Waals surface area contributed by atoms with Gasteiger partial charge in [0.2, 0.25) is 17.5 Å². The number of methoxy groups -OCH3 is 1. The summed E-state index contributed by atoms with van der Waals surface area (Å²) >= 11 is 0. The first-order valence-corrected chi connectivity index (χ1v) is 13.5. The van der Waals surface area contributed by atoms with Crippen LogP contribution in [-0.2, 0) is 14.2 Å². The van der Waals surface area contributed by atoms with Gasteiger partial charge in [-0.15, -0.1) is 0 Å². The van der Waals surface area contributed by atoms with Gasteiger partial charge >= 0.3 is 0 Å². The van der Waals surface area contributed by atoms with Crippen LogP contribution in [0.4, 0.5) is 0 Å². The van der Waals surface area contributed by atoms with E-state index in [1.807, 2.05) is 0 Å². The number of fused-ring (bicyclic) bond motifs is 1. The normalized spacial score (nSPS) is 32.0. The van der Waals surface area contributed by atoms with Crippen molar-refractivity contribution in [3.8, 4) is 40.1 Å². The first kappa shape index (κ1) is 32.6. The summed E-state index contributed by atoms with van der Waals surface area (Å²) in [6, 6.07) is 5.77. The quantitative estimate of drug-likeness (QED) is 0.115. The van der Waals surface area contributed by atoms with Crippen molar-refractivity contribution in [3.63, 3.8) is 0 Å². The van der Waals surface area contributed by atoms with E-state index in [0.717, 1.165) is 24.3 Å². The highest BCUT2D eigenvalue weighted by Crippen LogP contribution is 2.39. The van der Waals surface area contributed by atoms with Crippen LogP contribution in [0.1, 0.15) is 0 Å². The average Bonchev–Trinajstić information content (AvgIpc) is 3.01. The van der Waals surface area contributed by atoms with Crippen LogP contribution in [0, 0.1) is 0 Å². The lowest BCUT2D eigenvalue weighted by molar-refractivity contribution is -0.323. The maximum Gasteiger partial charge on any atom is 0.239 e. The summed E-state index contributed by atoms with van der Waals surface area (Å²) in [4.78, 5) is 13.2. The number of hydrogen-bond acceptors (Lipinski definition) is 17. The van der Waals surface area contributed by atoms with Crippen LogP contribution < -0.4 is 14.9 Å². The summed E-state index contributed by atoms with van der Waals surface area (Å²) in [7, 11) is 1.19. The Morgan fingerprint density at radius 1 is 0.756 bits per heavy atom. The standard InChI is InChI=1S/C28H32O17/c1-40-26-20(35)17-13(32)5-10(6-14(17)43-25(26)9-2-3-11(30)12(31)4-9)42-28-24(39)22(37)19(34)16(45-28)8-41-27-23(38)21(36)18(33)15(7-29)44-27/h2-6,15-16,18-19,21-24,27-34,36-39H,7-8H2,1H3/t15-,16-,18-,19-,21+,22+,23-,24-,27-,28-/m1/s1. The Kier molecular flexibility index (Phi) is 9.38. The number of aromatic hydroxyl groups is 3. The van der Waals surface area contributed by atoms with Gasteiger partial charge in [-0.2, -0.15) is 0 Å². The number of benzene rings is 2. The fourth-order valence-electron chi connectivity index (χ4n) is 5.05. The SMILES string of the molecule is COc1c(-c2ccc(O)c(O)c2)oc2cc(O[C@@H]3O[C@H](CO[C@@H]4O[C@H](CO)[C@@H](O)[C@H](O)[C@H]4O)[C@@H](O)[C@H](O)[C@H]3O)cc(O)c2c1=O. The molecule has 0 aliphatic carbocycles. The molecule has 3 heterocycles. The third-order valence-corrected chi connectivity index (χ3v) is 7.54. The fourth-order valence-corrected chi connectivity index (χ4v) is 5.05. The molecule has 2 aliphatic rings. The minimum atomic E-state index is -1.85. The van der Waals surface area contributed by atoms with Gasteiger partial charge in [-0.1, -0.05) is 0 Å². The van der Waals surface area contributed by atoms with Crippen molar-refractivity contribution in [2.45, 2.75) is 61.4 Å². The van der Waals surface area contributed by atoms with Crippen LogP contribution in [0.2, 0.25) is 0 Å². The van der Waals surface area contributed by atoms with E-state index in [9.17, 15) is 55.9 Å². The number of phenolic OH excluding ortho intramolecular Hbond substituents is 3. The Morgan fingerprint density at radius 3 is 2.04 bits per heavy atom. The molecule has 5 rings (SSSR count). The Balaban J connectivity index is 1.40. The highest BCUT2D eigenvalue weighted by Gasteiger charge is 2.48. The number of aliphatic hydroxyl groups is 7. The number of ether oxygens (including phenoxy) is 5. The molecule has 0 spiro atoms. The van der Waals surface area contributed by atoms with Crippen LogP contribution in [0.5, 0.6) is 28.7 Å². The maximum absolute atomic E-state index is 13.2. The van der Waals surface area contributed by atoms with Gasteiger partial charge in [0.1, 0.15) is 71.3 Å². The zero-order valence-electron chi connectivity index (χ0n) is 23.4. The second-order valence-electron chi connectivity index (χ2n) is 10.5. The molecule has 0 saturated carbocycles. The van der Waals surface area contributed by atoms with Crippen molar-refractivity contribution in [1.82, 2.24) is 0 Å². The van der Waals surface area contributed by atoms with E-state index in [2.05, 4.69) is 0 Å². The maximum atomic E-state index is 13.2. The Bertz CT molecular complexity index is 1570. The Morgan fingerprint density at radius 2 is 1.40 bits per heavy atom. The van der Waals surface area contributed by atoms with Gasteiger partial charge in [0.05, 0.1) is 20.3 Å². The lowest BCUT2D eigenvalue weighted by Crippen LogP contribution is -2.62. The minimum absolute atomic E-state index is 0.136. The summed E-state index contributed by atoms with van der Waals surface area (Å²) in [5.41, 5.74) is -0.882. The molecule has 0 amide bonds. The third-order valence-electron chi connectivity index (χ3n) is 7.54. The Labute approximate surface area is 252 Å². The van der Waals surface area contributed by atoms with Crippen molar-refractivity contribution in [2.75, 3.05) is 20.3 Å². The predicted octanol–water partition coefficient (Wildman–Crippen LogP) is -2.41. The second kappa shape index (κ2) is 12.9. The summed E-state index contributed by atoms with van der Waals surface area (Å²) in [6.45, 7) is -1.31. The van der Waals surface area contributed by atoms with Gasteiger partial charge in [-0.3, -0.25) is 4.79 Å². The molecule has 0 unspecified atom stereocenters. The molecule has 10 atom stereocenters. The molecule has 3 aromatic rings. The lowest BCUT2D eigenvalue weighted by Gasteiger charge is -2.42. The molecule has 2 fully saturated rings.